The fourth-order valence-electron chi connectivity index (χ4n) is 0.461. The summed E-state index contributed by atoms with van der Waals surface area (Å²) in [7, 11) is 1.70. The van der Waals surface area contributed by atoms with Crippen molar-refractivity contribution in [2.75, 3.05) is 19.5 Å². The van der Waals surface area contributed by atoms with Crippen LogP contribution in [0, 0.1) is 0 Å². The zero-order valence-electron chi connectivity index (χ0n) is 6.10. The van der Waals surface area contributed by atoms with Crippen LogP contribution in [0.5, 0.6) is 0 Å². The zero-order chi connectivity index (χ0) is 8.15. The van der Waals surface area contributed by atoms with Gasteiger partial charge in [-0.2, -0.15) is 0 Å². The number of amides is 1. The fraction of sp³-hybridized carbons (Fsp3) is 0.833. The molecule has 4 heteroatoms. The standard InChI is InChI=1S/C6H11Cl2NO/c1-3-9(2)6(10)5(8)4-7/h5H,3-4H2,1-2H3. The summed E-state index contributed by atoms with van der Waals surface area (Å²) in [6.45, 7) is 2.55. The second-order valence-electron chi connectivity index (χ2n) is 1.97. The Balaban J connectivity index is 3.82. The summed E-state index contributed by atoms with van der Waals surface area (Å²) >= 11 is 10.9. The largest absolute Gasteiger partial charge is 0.345 e. The van der Waals surface area contributed by atoms with Crippen LogP contribution in [0.4, 0.5) is 0 Å². The normalized spacial score (nSPS) is 12.8. The number of hydrogen-bond acceptors (Lipinski definition) is 1. The monoisotopic (exact) mass is 183 g/mol. The zero-order valence-corrected chi connectivity index (χ0v) is 7.61. The minimum Gasteiger partial charge on any atom is -0.345 e. The van der Waals surface area contributed by atoms with E-state index in [2.05, 4.69) is 0 Å². The highest BCUT2D eigenvalue weighted by Crippen LogP contribution is 2.02. The molecule has 0 bridgehead atoms. The van der Waals surface area contributed by atoms with Gasteiger partial charge in [0.2, 0.25) is 5.91 Å². The lowest BCUT2D eigenvalue weighted by Crippen LogP contribution is -2.34. The minimum absolute atomic E-state index is 0.112. The quantitative estimate of drug-likeness (QED) is 0.605. The predicted molar refractivity (Wildman–Crippen MR) is 43.7 cm³/mol. The van der Waals surface area contributed by atoms with Crippen LogP contribution in [0.2, 0.25) is 0 Å². The molecule has 0 aliphatic rings. The van der Waals surface area contributed by atoms with Crippen LogP contribution in [0.3, 0.4) is 0 Å². The molecule has 0 fully saturated rings. The maximum Gasteiger partial charge on any atom is 0.241 e. The van der Waals surface area contributed by atoms with Gasteiger partial charge in [-0.3, -0.25) is 4.79 Å². The number of alkyl halides is 2. The van der Waals surface area contributed by atoms with Gasteiger partial charge < -0.3 is 4.90 Å². The third-order valence-corrected chi connectivity index (χ3v) is 2.06. The molecule has 0 rings (SSSR count). The van der Waals surface area contributed by atoms with E-state index in [4.69, 9.17) is 23.2 Å². The van der Waals surface area contributed by atoms with Crippen molar-refractivity contribution in [2.24, 2.45) is 0 Å². The molecule has 1 atom stereocenters. The average molecular weight is 184 g/mol. The Hall–Kier alpha value is 0.0500. The third-order valence-electron chi connectivity index (χ3n) is 1.25. The van der Waals surface area contributed by atoms with Crippen LogP contribution in [0.15, 0.2) is 0 Å². The Morgan fingerprint density at radius 1 is 1.70 bits per heavy atom. The smallest absolute Gasteiger partial charge is 0.241 e. The van der Waals surface area contributed by atoms with Crippen molar-refractivity contribution in [1.29, 1.82) is 0 Å². The summed E-state index contributed by atoms with van der Waals surface area (Å²) in [6, 6.07) is 0. The molecule has 0 aromatic rings. The molecule has 0 aromatic carbocycles. The molecule has 0 heterocycles. The first-order chi connectivity index (χ1) is 4.63. The van der Waals surface area contributed by atoms with E-state index in [-0.39, 0.29) is 11.8 Å². The first kappa shape index (κ1) is 10.0. The Morgan fingerprint density at radius 3 is 2.50 bits per heavy atom. The molecule has 0 radical (unpaired) electrons. The van der Waals surface area contributed by atoms with Crippen LogP contribution in [-0.4, -0.2) is 35.7 Å². The number of carbonyl (C=O) groups is 1. The van der Waals surface area contributed by atoms with Gasteiger partial charge in [-0.15, -0.1) is 23.2 Å². The molecule has 0 saturated heterocycles. The number of carbonyl (C=O) groups excluding carboxylic acids is 1. The number of halogens is 2. The summed E-state index contributed by atoms with van der Waals surface area (Å²) in [4.78, 5) is 12.6. The first-order valence-corrected chi connectivity index (χ1v) is 4.05. The molecule has 0 N–H and O–H groups in total. The van der Waals surface area contributed by atoms with Gasteiger partial charge >= 0.3 is 0 Å². The SMILES string of the molecule is CCN(C)C(=O)C(Cl)CCl. The summed E-state index contributed by atoms with van der Waals surface area (Å²) in [5, 5.41) is -0.577. The van der Waals surface area contributed by atoms with E-state index in [0.29, 0.717) is 6.54 Å². The van der Waals surface area contributed by atoms with Crippen LogP contribution in [0.1, 0.15) is 6.92 Å². The van der Waals surface area contributed by atoms with Crippen molar-refractivity contribution in [3.8, 4) is 0 Å². The van der Waals surface area contributed by atoms with Gasteiger partial charge in [-0.1, -0.05) is 0 Å². The van der Waals surface area contributed by atoms with E-state index in [1.165, 1.54) is 0 Å². The van der Waals surface area contributed by atoms with E-state index in [1.807, 2.05) is 6.92 Å². The topological polar surface area (TPSA) is 20.3 Å². The Kier molecular flexibility index (Phi) is 4.83. The fourth-order valence-corrected chi connectivity index (χ4v) is 0.760. The molecule has 0 aliphatic carbocycles. The van der Waals surface area contributed by atoms with Crippen LogP contribution in [-0.2, 0) is 4.79 Å². The summed E-state index contributed by atoms with van der Waals surface area (Å²) in [5.41, 5.74) is 0. The maximum absolute atomic E-state index is 11.0. The molecule has 60 valence electrons. The molecular weight excluding hydrogens is 173 g/mol. The van der Waals surface area contributed by atoms with Gasteiger partial charge in [0.1, 0.15) is 5.38 Å². The molecule has 0 saturated carbocycles. The van der Waals surface area contributed by atoms with Crippen molar-refractivity contribution in [2.45, 2.75) is 12.3 Å². The second-order valence-corrected chi connectivity index (χ2v) is 2.81. The van der Waals surface area contributed by atoms with E-state index in [9.17, 15) is 4.79 Å². The molecule has 2 nitrogen and oxygen atoms in total. The van der Waals surface area contributed by atoms with E-state index in [0.717, 1.165) is 0 Å². The van der Waals surface area contributed by atoms with Crippen molar-refractivity contribution < 1.29 is 4.79 Å². The molecule has 0 spiro atoms. The summed E-state index contributed by atoms with van der Waals surface area (Å²) in [5.74, 6) is 0.0595. The highest BCUT2D eigenvalue weighted by molar-refractivity contribution is 6.35. The highest BCUT2D eigenvalue weighted by Gasteiger charge is 2.16. The van der Waals surface area contributed by atoms with Crippen molar-refractivity contribution >= 4 is 29.1 Å². The predicted octanol–water partition coefficient (Wildman–Crippen LogP) is 1.31. The van der Waals surface area contributed by atoms with Gasteiger partial charge in [0.15, 0.2) is 0 Å². The molecule has 10 heavy (non-hydrogen) atoms. The molecule has 1 amide bonds. The second kappa shape index (κ2) is 4.80. The molecule has 0 aliphatic heterocycles. The lowest BCUT2D eigenvalue weighted by molar-refractivity contribution is -0.128. The van der Waals surface area contributed by atoms with Crippen molar-refractivity contribution in [1.82, 2.24) is 4.90 Å². The third kappa shape index (κ3) is 2.76. The van der Waals surface area contributed by atoms with Gasteiger partial charge in [0, 0.05) is 19.5 Å². The van der Waals surface area contributed by atoms with Gasteiger partial charge in [-0.05, 0) is 6.92 Å². The van der Waals surface area contributed by atoms with Gasteiger partial charge in [0.25, 0.3) is 0 Å². The first-order valence-electron chi connectivity index (χ1n) is 3.08. The molecular formula is C6H11Cl2NO. The van der Waals surface area contributed by atoms with Crippen LogP contribution >= 0.6 is 23.2 Å². The van der Waals surface area contributed by atoms with Crippen LogP contribution in [0.25, 0.3) is 0 Å². The van der Waals surface area contributed by atoms with E-state index in [1.54, 1.807) is 11.9 Å². The Labute approximate surface area is 71.1 Å². The summed E-state index contributed by atoms with van der Waals surface area (Å²) < 4.78 is 0. The van der Waals surface area contributed by atoms with Crippen molar-refractivity contribution in [3.63, 3.8) is 0 Å². The Morgan fingerprint density at radius 2 is 2.20 bits per heavy atom. The van der Waals surface area contributed by atoms with E-state index < -0.39 is 5.38 Å². The lowest BCUT2D eigenvalue weighted by Gasteiger charge is -2.16. The van der Waals surface area contributed by atoms with Crippen LogP contribution < -0.4 is 0 Å². The highest BCUT2D eigenvalue weighted by atomic mass is 35.5. The minimum atomic E-state index is -0.577. The summed E-state index contributed by atoms with van der Waals surface area (Å²) in [6.07, 6.45) is 0. The average Bonchev–Trinajstić information content (AvgIpc) is 2.00. The Bertz CT molecular complexity index is 106. The maximum atomic E-state index is 11.0. The van der Waals surface area contributed by atoms with Crippen molar-refractivity contribution in [3.05, 3.63) is 0 Å². The molecule has 1 unspecified atom stereocenters. The number of rotatable bonds is 3. The lowest BCUT2D eigenvalue weighted by atomic mass is 10.4. The van der Waals surface area contributed by atoms with E-state index >= 15 is 0 Å². The number of nitrogens with zero attached hydrogens (tertiary/aromatic N) is 1. The molecule has 0 aromatic heterocycles. The number of hydrogen-bond donors (Lipinski definition) is 0. The van der Waals surface area contributed by atoms with Gasteiger partial charge in [0.05, 0.1) is 0 Å². The van der Waals surface area contributed by atoms with Gasteiger partial charge in [-0.25, -0.2) is 0 Å².